The summed E-state index contributed by atoms with van der Waals surface area (Å²) in [6.45, 7) is 0.485. The van der Waals surface area contributed by atoms with Gasteiger partial charge < -0.3 is 4.74 Å². The lowest BCUT2D eigenvalue weighted by Crippen LogP contribution is -2.17. The number of hydrogen-bond donors (Lipinski definition) is 0. The van der Waals surface area contributed by atoms with E-state index in [1.165, 1.54) is 36.3 Å². The van der Waals surface area contributed by atoms with Gasteiger partial charge in [0, 0.05) is 13.3 Å². The van der Waals surface area contributed by atoms with Gasteiger partial charge in [0.1, 0.15) is 18.5 Å². The van der Waals surface area contributed by atoms with Crippen LogP contribution in [0.5, 0.6) is 0 Å². The van der Waals surface area contributed by atoms with Gasteiger partial charge in [0.15, 0.2) is 11.6 Å². The van der Waals surface area contributed by atoms with Crippen LogP contribution in [0.2, 0.25) is 5.02 Å². The first kappa shape index (κ1) is 19.3. The Morgan fingerprint density at radius 1 is 1.30 bits per heavy atom. The first-order chi connectivity index (χ1) is 12.7. The largest absolute Gasteiger partial charge is 0.408 e. The Labute approximate surface area is 156 Å². The SMILES string of the molecule is COC(C)c1nc(-c2cnn(CC(F)(F)F)c2)n(-c2ccc(F)c(Cl)c2)n1. The Kier molecular flexibility index (Phi) is 5.20. The second kappa shape index (κ2) is 7.28. The van der Waals surface area contributed by atoms with E-state index in [2.05, 4.69) is 15.2 Å². The van der Waals surface area contributed by atoms with Crippen LogP contribution in [0.25, 0.3) is 17.1 Å². The number of methoxy groups -OCH3 is 1. The Bertz CT molecular complexity index is 953. The standard InChI is InChI=1S/C16H14ClF4N5O/c1-9(27-2)14-23-15(10-6-22-25(7-10)8-16(19,20)21)26(24-14)11-3-4-13(18)12(17)5-11/h3-7,9H,8H2,1-2H3. The molecule has 1 unspecified atom stereocenters. The molecule has 0 aliphatic rings. The van der Waals surface area contributed by atoms with E-state index in [0.717, 1.165) is 10.7 Å². The lowest BCUT2D eigenvalue weighted by Gasteiger charge is -2.06. The minimum Gasteiger partial charge on any atom is -0.374 e. The number of ether oxygens (including phenoxy) is 1. The van der Waals surface area contributed by atoms with Crippen molar-refractivity contribution in [3.05, 3.63) is 47.3 Å². The van der Waals surface area contributed by atoms with Crippen LogP contribution in [-0.2, 0) is 11.3 Å². The maximum absolute atomic E-state index is 13.5. The van der Waals surface area contributed by atoms with Crippen molar-refractivity contribution in [1.82, 2.24) is 24.5 Å². The topological polar surface area (TPSA) is 57.8 Å². The highest BCUT2D eigenvalue weighted by Gasteiger charge is 2.29. The van der Waals surface area contributed by atoms with Crippen LogP contribution < -0.4 is 0 Å². The van der Waals surface area contributed by atoms with Crippen molar-refractivity contribution in [1.29, 1.82) is 0 Å². The number of nitrogens with zero attached hydrogens (tertiary/aromatic N) is 5. The van der Waals surface area contributed by atoms with Gasteiger partial charge in [-0.1, -0.05) is 11.6 Å². The molecule has 0 N–H and O–H groups in total. The van der Waals surface area contributed by atoms with Gasteiger partial charge in [0.2, 0.25) is 0 Å². The lowest BCUT2D eigenvalue weighted by atomic mass is 10.3. The van der Waals surface area contributed by atoms with Crippen LogP contribution in [0.3, 0.4) is 0 Å². The Balaban J connectivity index is 2.08. The van der Waals surface area contributed by atoms with Gasteiger partial charge in [0.25, 0.3) is 0 Å². The molecular weight excluding hydrogens is 390 g/mol. The fourth-order valence-electron chi connectivity index (χ4n) is 2.34. The zero-order valence-electron chi connectivity index (χ0n) is 14.2. The van der Waals surface area contributed by atoms with Crippen molar-refractivity contribution in [2.45, 2.75) is 25.7 Å². The van der Waals surface area contributed by atoms with Gasteiger partial charge in [-0.25, -0.2) is 14.1 Å². The molecule has 0 amide bonds. The van der Waals surface area contributed by atoms with Crippen molar-refractivity contribution >= 4 is 11.6 Å². The van der Waals surface area contributed by atoms with E-state index >= 15 is 0 Å². The number of benzene rings is 1. The van der Waals surface area contributed by atoms with E-state index in [1.54, 1.807) is 6.92 Å². The molecule has 27 heavy (non-hydrogen) atoms. The summed E-state index contributed by atoms with van der Waals surface area (Å²) in [4.78, 5) is 4.34. The summed E-state index contributed by atoms with van der Waals surface area (Å²) >= 11 is 5.83. The molecule has 0 spiro atoms. The van der Waals surface area contributed by atoms with Gasteiger partial charge in [0.05, 0.1) is 22.5 Å². The monoisotopic (exact) mass is 403 g/mol. The Hall–Kier alpha value is -2.46. The molecule has 6 nitrogen and oxygen atoms in total. The molecule has 0 radical (unpaired) electrons. The van der Waals surface area contributed by atoms with Crippen LogP contribution in [0.1, 0.15) is 18.9 Å². The zero-order valence-corrected chi connectivity index (χ0v) is 15.0. The summed E-state index contributed by atoms with van der Waals surface area (Å²) in [5, 5.41) is 7.92. The number of rotatable bonds is 5. The zero-order chi connectivity index (χ0) is 19.8. The quantitative estimate of drug-likeness (QED) is 0.599. The van der Waals surface area contributed by atoms with E-state index in [4.69, 9.17) is 16.3 Å². The van der Waals surface area contributed by atoms with Crippen LogP contribution in [-0.4, -0.2) is 37.8 Å². The average molecular weight is 404 g/mol. The molecule has 1 atom stereocenters. The molecule has 0 fully saturated rings. The molecule has 0 saturated heterocycles. The summed E-state index contributed by atoms with van der Waals surface area (Å²) in [7, 11) is 1.47. The molecule has 2 aromatic heterocycles. The molecule has 3 rings (SSSR count). The molecular formula is C16H14ClF4N5O. The third kappa shape index (κ3) is 4.28. The van der Waals surface area contributed by atoms with Crippen molar-refractivity contribution in [2.24, 2.45) is 0 Å². The van der Waals surface area contributed by atoms with Gasteiger partial charge in [-0.2, -0.15) is 18.3 Å². The third-order valence-electron chi connectivity index (χ3n) is 3.72. The van der Waals surface area contributed by atoms with E-state index in [0.29, 0.717) is 17.1 Å². The Morgan fingerprint density at radius 2 is 2.04 bits per heavy atom. The highest BCUT2D eigenvalue weighted by Crippen LogP contribution is 2.27. The van der Waals surface area contributed by atoms with Crippen molar-refractivity contribution in [3.8, 4) is 17.1 Å². The summed E-state index contributed by atoms with van der Waals surface area (Å²) in [6.07, 6.45) is -2.41. The van der Waals surface area contributed by atoms with Crippen LogP contribution in [0, 0.1) is 5.82 Å². The predicted octanol–water partition coefficient (Wildman–Crippen LogP) is 4.19. The summed E-state index contributed by atoms with van der Waals surface area (Å²) < 4.78 is 58.5. The summed E-state index contributed by atoms with van der Waals surface area (Å²) in [6, 6.07) is 3.94. The van der Waals surface area contributed by atoms with Gasteiger partial charge >= 0.3 is 6.18 Å². The highest BCUT2D eigenvalue weighted by molar-refractivity contribution is 6.30. The molecule has 1 aromatic carbocycles. The minimum absolute atomic E-state index is 0.122. The van der Waals surface area contributed by atoms with E-state index in [1.807, 2.05) is 0 Å². The van der Waals surface area contributed by atoms with Crippen molar-refractivity contribution in [2.75, 3.05) is 7.11 Å². The lowest BCUT2D eigenvalue weighted by molar-refractivity contribution is -0.142. The maximum Gasteiger partial charge on any atom is 0.408 e. The molecule has 3 aromatic rings. The van der Waals surface area contributed by atoms with E-state index in [9.17, 15) is 17.6 Å². The van der Waals surface area contributed by atoms with Gasteiger partial charge in [-0.15, -0.1) is 5.10 Å². The highest BCUT2D eigenvalue weighted by atomic mass is 35.5. The molecule has 2 heterocycles. The van der Waals surface area contributed by atoms with Gasteiger partial charge in [-0.05, 0) is 25.1 Å². The summed E-state index contributed by atoms with van der Waals surface area (Å²) in [5.41, 5.74) is 0.698. The molecule has 0 bridgehead atoms. The first-order valence-electron chi connectivity index (χ1n) is 7.72. The molecule has 11 heteroatoms. The molecule has 144 valence electrons. The van der Waals surface area contributed by atoms with Gasteiger partial charge in [-0.3, -0.25) is 4.68 Å². The molecule has 0 saturated carbocycles. The molecule has 0 aliphatic carbocycles. The third-order valence-corrected chi connectivity index (χ3v) is 4.01. The van der Waals surface area contributed by atoms with Crippen molar-refractivity contribution < 1.29 is 22.3 Å². The minimum atomic E-state index is -4.41. The number of halogens is 5. The van der Waals surface area contributed by atoms with E-state index in [-0.39, 0.29) is 10.8 Å². The molecule has 0 aliphatic heterocycles. The average Bonchev–Trinajstić information content (AvgIpc) is 3.22. The smallest absolute Gasteiger partial charge is 0.374 e. The fraction of sp³-hybridized carbons (Fsp3) is 0.312. The van der Waals surface area contributed by atoms with E-state index < -0.39 is 24.6 Å². The predicted molar refractivity (Wildman–Crippen MR) is 89.0 cm³/mol. The second-order valence-electron chi connectivity index (χ2n) is 5.72. The summed E-state index contributed by atoms with van der Waals surface area (Å²) in [5.74, 6) is -0.0768. The fourth-order valence-corrected chi connectivity index (χ4v) is 2.51. The maximum atomic E-state index is 13.5. The Morgan fingerprint density at radius 3 is 2.67 bits per heavy atom. The van der Waals surface area contributed by atoms with Crippen LogP contribution in [0.4, 0.5) is 17.6 Å². The number of aromatic nitrogens is 5. The van der Waals surface area contributed by atoms with Crippen LogP contribution >= 0.6 is 11.6 Å². The first-order valence-corrected chi connectivity index (χ1v) is 8.10. The number of alkyl halides is 3. The second-order valence-corrected chi connectivity index (χ2v) is 6.13. The van der Waals surface area contributed by atoms with Crippen molar-refractivity contribution in [3.63, 3.8) is 0 Å². The normalized spacial score (nSPS) is 13.1. The number of hydrogen-bond acceptors (Lipinski definition) is 4. The van der Waals surface area contributed by atoms with Crippen LogP contribution in [0.15, 0.2) is 30.6 Å².